The van der Waals surface area contributed by atoms with E-state index < -0.39 is 5.91 Å². The zero-order chi connectivity index (χ0) is 15.4. The van der Waals surface area contributed by atoms with E-state index in [1.807, 2.05) is 0 Å². The molecule has 1 heterocycles. The molecular weight excluding hydrogens is 335 g/mol. The number of ether oxygens (including phenoxy) is 1. The second kappa shape index (κ2) is 6.89. The summed E-state index contributed by atoms with van der Waals surface area (Å²) in [6.07, 6.45) is 0. The Bertz CT molecular complexity index is 688. The summed E-state index contributed by atoms with van der Waals surface area (Å²) in [5.74, 6) is -0.243. The molecule has 0 spiro atoms. The van der Waals surface area contributed by atoms with Crippen LogP contribution in [0.4, 0.5) is 5.13 Å². The van der Waals surface area contributed by atoms with Gasteiger partial charge in [0.25, 0.3) is 5.91 Å². The average Bonchev–Trinajstić information content (AvgIpc) is 2.88. The van der Waals surface area contributed by atoms with Gasteiger partial charge in [-0.05, 0) is 12.1 Å². The molecule has 110 valence electrons. The summed E-state index contributed by atoms with van der Waals surface area (Å²) < 4.78 is 5.29. The van der Waals surface area contributed by atoms with Gasteiger partial charge in [-0.1, -0.05) is 23.2 Å². The van der Waals surface area contributed by atoms with Crippen molar-refractivity contribution in [1.82, 2.24) is 4.98 Å². The van der Waals surface area contributed by atoms with Crippen molar-refractivity contribution in [2.24, 2.45) is 0 Å². The van der Waals surface area contributed by atoms with E-state index in [1.165, 1.54) is 24.3 Å². The van der Waals surface area contributed by atoms with Crippen molar-refractivity contribution < 1.29 is 14.3 Å². The summed E-state index contributed by atoms with van der Waals surface area (Å²) in [5.41, 5.74) is 0.314. The van der Waals surface area contributed by atoms with E-state index in [0.29, 0.717) is 26.6 Å². The number of aromatic nitrogens is 1. The van der Waals surface area contributed by atoms with Crippen LogP contribution in [0.15, 0.2) is 23.6 Å². The number of benzene rings is 1. The van der Waals surface area contributed by atoms with E-state index in [1.54, 1.807) is 17.5 Å². The summed E-state index contributed by atoms with van der Waals surface area (Å²) in [7, 11) is 0. The monoisotopic (exact) mass is 344 g/mol. The van der Waals surface area contributed by atoms with E-state index in [9.17, 15) is 9.59 Å². The lowest BCUT2D eigenvalue weighted by Crippen LogP contribution is -2.20. The Morgan fingerprint density at radius 3 is 2.81 bits per heavy atom. The first-order valence-corrected chi connectivity index (χ1v) is 7.43. The third-order valence-electron chi connectivity index (χ3n) is 2.36. The minimum absolute atomic E-state index is 0.159. The first kappa shape index (κ1) is 15.8. The number of anilines is 1. The molecule has 0 saturated heterocycles. The zero-order valence-electron chi connectivity index (χ0n) is 10.9. The number of halogens is 2. The number of rotatable bonds is 5. The number of carbonyl (C=O) groups excluding carboxylic acids is 2. The molecule has 8 heteroatoms. The minimum atomic E-state index is -0.407. The lowest BCUT2D eigenvalue weighted by Gasteiger charge is -2.07. The number of thiazole rings is 1. The molecule has 0 unspecified atom stereocenters. The zero-order valence-corrected chi connectivity index (χ0v) is 13.2. The van der Waals surface area contributed by atoms with Gasteiger partial charge >= 0.3 is 0 Å². The van der Waals surface area contributed by atoms with Gasteiger partial charge in [0.05, 0.1) is 5.02 Å². The van der Waals surface area contributed by atoms with Gasteiger partial charge in [0, 0.05) is 23.4 Å². The third kappa shape index (κ3) is 4.42. The fourth-order valence-corrected chi connectivity index (χ4v) is 2.48. The van der Waals surface area contributed by atoms with Gasteiger partial charge in [-0.2, -0.15) is 0 Å². The van der Waals surface area contributed by atoms with Crippen molar-refractivity contribution in [2.45, 2.75) is 6.92 Å². The van der Waals surface area contributed by atoms with Crippen molar-refractivity contribution in [3.8, 4) is 5.75 Å². The van der Waals surface area contributed by atoms with Gasteiger partial charge in [0.15, 0.2) is 17.5 Å². The largest absolute Gasteiger partial charge is 0.482 e. The molecule has 0 fully saturated rings. The lowest BCUT2D eigenvalue weighted by molar-refractivity contribution is -0.118. The summed E-state index contributed by atoms with van der Waals surface area (Å²) in [5, 5.41) is 5.27. The van der Waals surface area contributed by atoms with Crippen LogP contribution in [0, 0.1) is 0 Å². The smallest absolute Gasteiger partial charge is 0.264 e. The topological polar surface area (TPSA) is 68.3 Å². The molecule has 0 aliphatic carbocycles. The SMILES string of the molecule is CC(=O)c1csc(NC(=O)COc2cc(Cl)ccc2Cl)n1. The van der Waals surface area contributed by atoms with E-state index in [4.69, 9.17) is 27.9 Å². The van der Waals surface area contributed by atoms with Crippen molar-refractivity contribution >= 4 is 51.4 Å². The Kier molecular flexibility index (Phi) is 5.17. The van der Waals surface area contributed by atoms with E-state index in [-0.39, 0.29) is 12.4 Å². The molecule has 0 atom stereocenters. The van der Waals surface area contributed by atoms with Gasteiger partial charge in [-0.25, -0.2) is 4.98 Å². The first-order chi connectivity index (χ1) is 9.95. The van der Waals surface area contributed by atoms with Gasteiger partial charge in [-0.3, -0.25) is 14.9 Å². The summed E-state index contributed by atoms with van der Waals surface area (Å²) in [6, 6.07) is 4.72. The molecule has 0 aliphatic heterocycles. The molecule has 0 radical (unpaired) electrons. The molecule has 5 nitrogen and oxygen atoms in total. The van der Waals surface area contributed by atoms with Gasteiger partial charge in [0.1, 0.15) is 11.4 Å². The summed E-state index contributed by atoms with van der Waals surface area (Å²) in [4.78, 5) is 26.8. The van der Waals surface area contributed by atoms with Crippen LogP contribution in [-0.2, 0) is 4.79 Å². The highest BCUT2D eigenvalue weighted by Crippen LogP contribution is 2.27. The number of nitrogens with one attached hydrogen (secondary N) is 1. The van der Waals surface area contributed by atoms with Crippen molar-refractivity contribution in [3.63, 3.8) is 0 Å². The van der Waals surface area contributed by atoms with Crippen molar-refractivity contribution in [2.75, 3.05) is 11.9 Å². The maximum Gasteiger partial charge on any atom is 0.264 e. The molecule has 1 aromatic heterocycles. The van der Waals surface area contributed by atoms with E-state index in [2.05, 4.69) is 10.3 Å². The van der Waals surface area contributed by atoms with Crippen LogP contribution >= 0.6 is 34.5 Å². The Morgan fingerprint density at radius 1 is 1.38 bits per heavy atom. The normalized spacial score (nSPS) is 10.2. The quantitative estimate of drug-likeness (QED) is 0.840. The van der Waals surface area contributed by atoms with Crippen LogP contribution in [0.3, 0.4) is 0 Å². The predicted octanol–water partition coefficient (Wildman–Crippen LogP) is 3.67. The Morgan fingerprint density at radius 2 is 2.14 bits per heavy atom. The molecule has 1 N–H and O–H groups in total. The van der Waals surface area contributed by atoms with Crippen LogP contribution in [0.25, 0.3) is 0 Å². The second-order valence-electron chi connectivity index (χ2n) is 4.01. The molecule has 0 saturated carbocycles. The van der Waals surface area contributed by atoms with E-state index in [0.717, 1.165) is 0 Å². The fraction of sp³-hybridized carbons (Fsp3) is 0.154. The molecule has 0 bridgehead atoms. The van der Waals surface area contributed by atoms with Crippen LogP contribution in [0.5, 0.6) is 5.75 Å². The van der Waals surface area contributed by atoms with Crippen LogP contribution in [0.1, 0.15) is 17.4 Å². The van der Waals surface area contributed by atoms with Crippen molar-refractivity contribution in [1.29, 1.82) is 0 Å². The standard InChI is InChI=1S/C13H10Cl2N2O3S/c1-7(18)10-6-21-13(16-10)17-12(19)5-20-11-4-8(14)2-3-9(11)15/h2-4,6H,5H2,1H3,(H,16,17,19). The Hall–Kier alpha value is -1.63. The molecule has 2 aromatic rings. The summed E-state index contributed by atoms with van der Waals surface area (Å²) >= 11 is 12.9. The molecule has 2 rings (SSSR count). The summed E-state index contributed by atoms with van der Waals surface area (Å²) in [6.45, 7) is 1.17. The van der Waals surface area contributed by atoms with Crippen LogP contribution in [-0.4, -0.2) is 23.3 Å². The highest BCUT2D eigenvalue weighted by molar-refractivity contribution is 7.14. The fourth-order valence-electron chi connectivity index (χ4n) is 1.38. The Balaban J connectivity index is 1.92. The number of ketones is 1. The first-order valence-electron chi connectivity index (χ1n) is 5.80. The number of hydrogen-bond donors (Lipinski definition) is 1. The minimum Gasteiger partial charge on any atom is -0.482 e. The van der Waals surface area contributed by atoms with Crippen molar-refractivity contribution in [3.05, 3.63) is 39.3 Å². The third-order valence-corrected chi connectivity index (χ3v) is 3.67. The molecule has 1 amide bonds. The number of nitrogens with zero attached hydrogens (tertiary/aromatic N) is 1. The molecular formula is C13H10Cl2N2O3S. The van der Waals surface area contributed by atoms with Crippen LogP contribution in [0.2, 0.25) is 10.0 Å². The number of Topliss-reactive ketones (excluding diaryl/α,β-unsaturated/α-hetero) is 1. The molecule has 1 aromatic carbocycles. The number of hydrogen-bond acceptors (Lipinski definition) is 5. The predicted molar refractivity (Wildman–Crippen MR) is 82.7 cm³/mol. The highest BCUT2D eigenvalue weighted by atomic mass is 35.5. The molecule has 0 aliphatic rings. The maximum absolute atomic E-state index is 11.7. The van der Waals surface area contributed by atoms with Crippen LogP contribution < -0.4 is 10.1 Å². The van der Waals surface area contributed by atoms with Gasteiger partial charge < -0.3 is 4.74 Å². The average molecular weight is 345 g/mol. The second-order valence-corrected chi connectivity index (χ2v) is 5.71. The van der Waals surface area contributed by atoms with E-state index >= 15 is 0 Å². The molecule has 21 heavy (non-hydrogen) atoms. The highest BCUT2D eigenvalue weighted by Gasteiger charge is 2.10. The Labute approximate surface area is 134 Å². The lowest BCUT2D eigenvalue weighted by atomic mass is 10.3. The number of carbonyl (C=O) groups is 2. The van der Waals surface area contributed by atoms with Gasteiger partial charge in [-0.15, -0.1) is 11.3 Å². The maximum atomic E-state index is 11.7. The van der Waals surface area contributed by atoms with Gasteiger partial charge in [0.2, 0.25) is 0 Å². The number of amides is 1.